The van der Waals surface area contributed by atoms with Gasteiger partial charge in [0.2, 0.25) is 0 Å². The quantitative estimate of drug-likeness (QED) is 0.898. The van der Waals surface area contributed by atoms with Crippen molar-refractivity contribution >= 4 is 0 Å². The molecule has 1 fully saturated rings. The fourth-order valence-corrected chi connectivity index (χ4v) is 2.72. The van der Waals surface area contributed by atoms with E-state index in [0.29, 0.717) is 12.0 Å². The second-order valence-corrected chi connectivity index (χ2v) is 6.56. The summed E-state index contributed by atoms with van der Waals surface area (Å²) in [6.45, 7) is 9.54. The third-order valence-corrected chi connectivity index (χ3v) is 4.27. The monoisotopic (exact) mass is 276 g/mol. The Morgan fingerprint density at radius 1 is 1.15 bits per heavy atom. The van der Waals surface area contributed by atoms with E-state index < -0.39 is 0 Å². The minimum atomic E-state index is 0.508. The van der Waals surface area contributed by atoms with E-state index in [-0.39, 0.29) is 0 Å². The van der Waals surface area contributed by atoms with Gasteiger partial charge in [-0.05, 0) is 55.5 Å². The molecule has 1 aromatic carbocycles. The molecule has 1 aliphatic heterocycles. The number of benzene rings is 1. The van der Waals surface area contributed by atoms with Crippen LogP contribution in [0.25, 0.3) is 0 Å². The molecule has 2 N–H and O–H groups in total. The van der Waals surface area contributed by atoms with Crippen molar-refractivity contribution in [3.05, 3.63) is 29.8 Å². The van der Waals surface area contributed by atoms with Crippen molar-refractivity contribution in [3.8, 4) is 5.75 Å². The van der Waals surface area contributed by atoms with Gasteiger partial charge in [0.15, 0.2) is 0 Å². The van der Waals surface area contributed by atoms with Crippen LogP contribution in [0.4, 0.5) is 0 Å². The first kappa shape index (κ1) is 15.3. The summed E-state index contributed by atoms with van der Waals surface area (Å²) in [5, 5.41) is 0. The highest BCUT2D eigenvalue weighted by Crippen LogP contribution is 2.29. The fraction of sp³-hybridized carbons (Fsp3) is 0.647. The van der Waals surface area contributed by atoms with Crippen LogP contribution >= 0.6 is 0 Å². The zero-order chi connectivity index (χ0) is 14.4. The lowest BCUT2D eigenvalue weighted by Crippen LogP contribution is -2.30. The number of likely N-dealkylation sites (tertiary alicyclic amines) is 1. The molecule has 2 rings (SSSR count). The molecule has 1 aliphatic rings. The molecular weight excluding hydrogens is 248 g/mol. The van der Waals surface area contributed by atoms with Gasteiger partial charge in [-0.1, -0.05) is 26.0 Å². The molecule has 0 radical (unpaired) electrons. The van der Waals surface area contributed by atoms with E-state index in [1.165, 1.54) is 32.4 Å². The minimum Gasteiger partial charge on any atom is -0.492 e. The van der Waals surface area contributed by atoms with E-state index in [1.807, 2.05) is 24.3 Å². The Balaban J connectivity index is 1.72. The largest absolute Gasteiger partial charge is 0.492 e. The van der Waals surface area contributed by atoms with Crippen molar-refractivity contribution in [2.45, 2.75) is 39.7 Å². The predicted molar refractivity (Wildman–Crippen MR) is 83.9 cm³/mol. The standard InChI is InChI=1S/C17H28N2O/c1-17(2)8-3-10-19(11-9-17)12-13-20-16-6-4-15(14-18)5-7-16/h4-7H,3,8-14,18H2,1-2H3. The smallest absolute Gasteiger partial charge is 0.119 e. The fourth-order valence-electron chi connectivity index (χ4n) is 2.72. The van der Waals surface area contributed by atoms with E-state index in [2.05, 4.69) is 18.7 Å². The first-order valence-electron chi connectivity index (χ1n) is 7.73. The molecule has 0 aromatic heterocycles. The van der Waals surface area contributed by atoms with Gasteiger partial charge in [-0.2, -0.15) is 0 Å². The lowest BCUT2D eigenvalue weighted by molar-refractivity contribution is 0.207. The number of nitrogens with two attached hydrogens (primary N) is 1. The Morgan fingerprint density at radius 2 is 1.90 bits per heavy atom. The zero-order valence-corrected chi connectivity index (χ0v) is 12.9. The first-order chi connectivity index (χ1) is 9.59. The van der Waals surface area contributed by atoms with E-state index in [9.17, 15) is 0 Å². The number of rotatable bonds is 5. The summed E-state index contributed by atoms with van der Waals surface area (Å²) < 4.78 is 5.82. The molecule has 3 heteroatoms. The molecule has 112 valence electrons. The average molecular weight is 276 g/mol. The van der Waals surface area contributed by atoms with Gasteiger partial charge in [0.25, 0.3) is 0 Å². The maximum Gasteiger partial charge on any atom is 0.119 e. The van der Waals surface area contributed by atoms with Crippen LogP contribution in [0.3, 0.4) is 0 Å². The molecule has 1 saturated heterocycles. The lowest BCUT2D eigenvalue weighted by Gasteiger charge is -2.23. The molecule has 0 atom stereocenters. The Morgan fingerprint density at radius 3 is 2.60 bits per heavy atom. The maximum atomic E-state index is 5.82. The predicted octanol–water partition coefficient (Wildman–Crippen LogP) is 3.04. The Labute approximate surface area is 123 Å². The summed E-state index contributed by atoms with van der Waals surface area (Å²) in [4.78, 5) is 2.53. The zero-order valence-electron chi connectivity index (χ0n) is 12.9. The topological polar surface area (TPSA) is 38.5 Å². The first-order valence-corrected chi connectivity index (χ1v) is 7.73. The van der Waals surface area contributed by atoms with Crippen molar-refractivity contribution in [3.63, 3.8) is 0 Å². The van der Waals surface area contributed by atoms with Gasteiger partial charge >= 0.3 is 0 Å². The van der Waals surface area contributed by atoms with Crippen LogP contribution in [-0.2, 0) is 6.54 Å². The summed E-state index contributed by atoms with van der Waals surface area (Å²) in [7, 11) is 0. The normalized spacial score (nSPS) is 19.6. The number of hydrogen-bond donors (Lipinski definition) is 1. The molecule has 3 nitrogen and oxygen atoms in total. The molecule has 0 unspecified atom stereocenters. The molecule has 0 aliphatic carbocycles. The Hall–Kier alpha value is -1.06. The van der Waals surface area contributed by atoms with E-state index in [4.69, 9.17) is 10.5 Å². The Kier molecular flexibility index (Phi) is 5.44. The molecular formula is C17H28N2O. The van der Waals surface area contributed by atoms with Crippen LogP contribution in [0.5, 0.6) is 5.75 Å². The molecule has 0 amide bonds. The van der Waals surface area contributed by atoms with Gasteiger partial charge in [-0.25, -0.2) is 0 Å². The number of ether oxygens (including phenoxy) is 1. The third kappa shape index (κ3) is 4.80. The summed E-state index contributed by atoms with van der Waals surface area (Å²) in [5.41, 5.74) is 7.24. The highest BCUT2D eigenvalue weighted by atomic mass is 16.5. The molecule has 1 aromatic rings. The minimum absolute atomic E-state index is 0.508. The van der Waals surface area contributed by atoms with Crippen molar-refractivity contribution in [1.29, 1.82) is 0 Å². The van der Waals surface area contributed by atoms with Crippen LogP contribution in [0.15, 0.2) is 24.3 Å². The molecule has 20 heavy (non-hydrogen) atoms. The number of hydrogen-bond acceptors (Lipinski definition) is 3. The average Bonchev–Trinajstić information content (AvgIpc) is 2.61. The lowest BCUT2D eigenvalue weighted by atomic mass is 9.85. The molecule has 0 spiro atoms. The summed E-state index contributed by atoms with van der Waals surface area (Å²) in [5.74, 6) is 0.942. The summed E-state index contributed by atoms with van der Waals surface area (Å²) >= 11 is 0. The maximum absolute atomic E-state index is 5.82. The van der Waals surface area contributed by atoms with Crippen molar-refractivity contribution in [2.75, 3.05) is 26.2 Å². The van der Waals surface area contributed by atoms with Crippen molar-refractivity contribution in [1.82, 2.24) is 4.90 Å². The highest BCUT2D eigenvalue weighted by Gasteiger charge is 2.22. The molecule has 0 bridgehead atoms. The van der Waals surface area contributed by atoms with Gasteiger partial charge in [0, 0.05) is 13.1 Å². The van der Waals surface area contributed by atoms with Gasteiger partial charge < -0.3 is 10.5 Å². The number of nitrogens with zero attached hydrogens (tertiary/aromatic N) is 1. The van der Waals surface area contributed by atoms with Gasteiger partial charge in [0.05, 0.1) is 0 Å². The van der Waals surface area contributed by atoms with E-state index in [0.717, 1.165) is 24.5 Å². The molecule has 1 heterocycles. The van der Waals surface area contributed by atoms with Crippen LogP contribution in [0.1, 0.15) is 38.7 Å². The second-order valence-electron chi connectivity index (χ2n) is 6.56. The van der Waals surface area contributed by atoms with Gasteiger partial charge in [-0.3, -0.25) is 4.90 Å². The van der Waals surface area contributed by atoms with Crippen LogP contribution < -0.4 is 10.5 Å². The van der Waals surface area contributed by atoms with Crippen molar-refractivity contribution in [2.24, 2.45) is 11.1 Å². The summed E-state index contributed by atoms with van der Waals surface area (Å²) in [6.07, 6.45) is 3.93. The molecule has 0 saturated carbocycles. The second kappa shape index (κ2) is 7.09. The van der Waals surface area contributed by atoms with E-state index >= 15 is 0 Å². The van der Waals surface area contributed by atoms with Gasteiger partial charge in [-0.15, -0.1) is 0 Å². The van der Waals surface area contributed by atoms with Crippen LogP contribution in [-0.4, -0.2) is 31.1 Å². The van der Waals surface area contributed by atoms with Crippen LogP contribution in [0, 0.1) is 5.41 Å². The summed E-state index contributed by atoms with van der Waals surface area (Å²) in [6, 6.07) is 8.08. The highest BCUT2D eigenvalue weighted by molar-refractivity contribution is 5.27. The third-order valence-electron chi connectivity index (χ3n) is 4.27. The van der Waals surface area contributed by atoms with Crippen LogP contribution in [0.2, 0.25) is 0 Å². The van der Waals surface area contributed by atoms with Gasteiger partial charge in [0.1, 0.15) is 12.4 Å². The SMILES string of the molecule is CC1(C)CCCN(CCOc2ccc(CN)cc2)CC1. The Bertz CT molecular complexity index is 400. The van der Waals surface area contributed by atoms with Crippen molar-refractivity contribution < 1.29 is 4.74 Å². The van der Waals surface area contributed by atoms with E-state index in [1.54, 1.807) is 0 Å².